The maximum atomic E-state index is 12.0. The molecule has 2 rings (SSSR count). The first-order valence-corrected chi connectivity index (χ1v) is 8.37. The second kappa shape index (κ2) is 7.79. The molecule has 1 atom stereocenters. The fraction of sp³-hybridized carbons (Fsp3) is 0.611. The molecule has 1 aliphatic carbocycles. The number of carbonyl (C=O) groups excluding carboxylic acids is 1. The Bertz CT molecular complexity index is 508. The Morgan fingerprint density at radius 3 is 2.39 bits per heavy atom. The summed E-state index contributed by atoms with van der Waals surface area (Å²) in [5.74, 6) is 0. The number of aryl methyl sites for hydroxylation is 1. The van der Waals surface area contributed by atoms with E-state index in [0.717, 1.165) is 25.7 Å². The van der Waals surface area contributed by atoms with Gasteiger partial charge in [-0.25, -0.2) is 4.79 Å². The van der Waals surface area contributed by atoms with Crippen LogP contribution in [0.4, 0.5) is 4.79 Å². The lowest BCUT2D eigenvalue weighted by Gasteiger charge is -2.26. The zero-order chi connectivity index (χ0) is 16.9. The minimum absolute atomic E-state index is 0.121. The monoisotopic (exact) mass is 319 g/mol. The summed E-state index contributed by atoms with van der Waals surface area (Å²) in [5, 5.41) is 16.0. The number of benzene rings is 1. The van der Waals surface area contributed by atoms with Gasteiger partial charge in [0.1, 0.15) is 0 Å². The van der Waals surface area contributed by atoms with E-state index in [0.29, 0.717) is 13.1 Å². The van der Waals surface area contributed by atoms with Gasteiger partial charge in [0, 0.05) is 13.1 Å². The highest BCUT2D eigenvalue weighted by Gasteiger charge is 2.31. The van der Waals surface area contributed by atoms with Gasteiger partial charge in [-0.3, -0.25) is 0 Å². The van der Waals surface area contributed by atoms with E-state index in [-0.39, 0.29) is 12.1 Å². The third kappa shape index (κ3) is 5.22. The van der Waals surface area contributed by atoms with Crippen LogP contribution in [0.15, 0.2) is 24.3 Å². The van der Waals surface area contributed by atoms with Crippen LogP contribution in [0, 0.1) is 6.92 Å². The number of amides is 2. The largest absolute Gasteiger partial charge is 0.388 e. The SMILES string of the molecule is Cc1ccc(C(CNC(=O)NCC2(O)CCCC2)N(C)C)cc1. The zero-order valence-corrected chi connectivity index (χ0v) is 14.4. The Hall–Kier alpha value is -1.59. The van der Waals surface area contributed by atoms with Crippen molar-refractivity contribution in [3.63, 3.8) is 0 Å². The van der Waals surface area contributed by atoms with E-state index in [9.17, 15) is 9.90 Å². The lowest BCUT2D eigenvalue weighted by atomic mass is 10.0. The zero-order valence-electron chi connectivity index (χ0n) is 14.4. The van der Waals surface area contributed by atoms with Gasteiger partial charge in [0.05, 0.1) is 11.6 Å². The van der Waals surface area contributed by atoms with Gasteiger partial charge in [0.2, 0.25) is 0 Å². The third-order valence-electron chi connectivity index (χ3n) is 4.65. The normalized spacial score (nSPS) is 18.0. The molecule has 2 amide bonds. The summed E-state index contributed by atoms with van der Waals surface area (Å²) < 4.78 is 0. The summed E-state index contributed by atoms with van der Waals surface area (Å²) in [6.45, 7) is 2.92. The smallest absolute Gasteiger partial charge is 0.314 e. The molecule has 0 radical (unpaired) electrons. The average molecular weight is 319 g/mol. The van der Waals surface area contributed by atoms with Crippen molar-refractivity contribution in [2.45, 2.75) is 44.2 Å². The van der Waals surface area contributed by atoms with Crippen LogP contribution in [-0.4, -0.2) is 48.8 Å². The summed E-state index contributed by atoms with van der Waals surface area (Å²) in [6.07, 6.45) is 3.62. The van der Waals surface area contributed by atoms with Gasteiger partial charge in [0.15, 0.2) is 0 Å². The predicted octanol–water partition coefficient (Wildman–Crippen LogP) is 2.20. The molecule has 5 heteroatoms. The van der Waals surface area contributed by atoms with Crippen molar-refractivity contribution >= 4 is 6.03 Å². The third-order valence-corrected chi connectivity index (χ3v) is 4.65. The second-order valence-corrected chi connectivity index (χ2v) is 6.89. The van der Waals surface area contributed by atoms with E-state index < -0.39 is 5.60 Å². The molecule has 1 aliphatic rings. The van der Waals surface area contributed by atoms with Crippen LogP contribution in [-0.2, 0) is 0 Å². The average Bonchev–Trinajstić information content (AvgIpc) is 2.94. The lowest BCUT2D eigenvalue weighted by Crippen LogP contribution is -2.46. The van der Waals surface area contributed by atoms with Gasteiger partial charge >= 0.3 is 6.03 Å². The quantitative estimate of drug-likeness (QED) is 0.753. The lowest BCUT2D eigenvalue weighted by molar-refractivity contribution is 0.0500. The summed E-state index contributed by atoms with van der Waals surface area (Å²) in [6, 6.07) is 8.27. The van der Waals surface area contributed by atoms with Crippen molar-refractivity contribution in [2.75, 3.05) is 27.2 Å². The molecule has 1 unspecified atom stereocenters. The number of aliphatic hydroxyl groups is 1. The standard InChI is InChI=1S/C18H29N3O2/c1-14-6-8-15(9-7-14)16(21(2)3)12-19-17(22)20-13-18(23)10-4-5-11-18/h6-9,16,23H,4-5,10-13H2,1-3H3,(H2,19,20,22). The molecule has 128 valence electrons. The van der Waals surface area contributed by atoms with E-state index in [4.69, 9.17) is 0 Å². The fourth-order valence-corrected chi connectivity index (χ4v) is 3.09. The van der Waals surface area contributed by atoms with Crippen LogP contribution in [0.2, 0.25) is 0 Å². The van der Waals surface area contributed by atoms with Gasteiger partial charge in [-0.1, -0.05) is 42.7 Å². The van der Waals surface area contributed by atoms with Crippen molar-refractivity contribution in [3.8, 4) is 0 Å². The summed E-state index contributed by atoms with van der Waals surface area (Å²) in [7, 11) is 4.01. The van der Waals surface area contributed by atoms with E-state index in [1.54, 1.807) is 0 Å². The van der Waals surface area contributed by atoms with Gasteiger partial charge in [0.25, 0.3) is 0 Å². The molecule has 0 heterocycles. The number of carbonyl (C=O) groups is 1. The molecular weight excluding hydrogens is 290 g/mol. The molecule has 23 heavy (non-hydrogen) atoms. The maximum absolute atomic E-state index is 12.0. The molecule has 5 nitrogen and oxygen atoms in total. The van der Waals surface area contributed by atoms with Crippen molar-refractivity contribution in [1.29, 1.82) is 0 Å². The molecule has 1 saturated carbocycles. The predicted molar refractivity (Wildman–Crippen MR) is 92.4 cm³/mol. The summed E-state index contributed by atoms with van der Waals surface area (Å²) in [5.41, 5.74) is 1.69. The van der Waals surface area contributed by atoms with E-state index in [1.165, 1.54) is 11.1 Å². The number of nitrogens with one attached hydrogen (secondary N) is 2. The first kappa shape index (κ1) is 17.8. The van der Waals surface area contributed by atoms with Gasteiger partial charge in [-0.2, -0.15) is 0 Å². The highest BCUT2D eigenvalue weighted by Crippen LogP contribution is 2.28. The Kier molecular flexibility index (Phi) is 6.02. The van der Waals surface area contributed by atoms with Crippen LogP contribution in [0.3, 0.4) is 0 Å². The van der Waals surface area contributed by atoms with Crippen LogP contribution in [0.5, 0.6) is 0 Å². The highest BCUT2D eigenvalue weighted by molar-refractivity contribution is 5.74. The number of urea groups is 1. The second-order valence-electron chi connectivity index (χ2n) is 6.89. The van der Waals surface area contributed by atoms with E-state index in [2.05, 4.69) is 46.7 Å². The molecule has 3 N–H and O–H groups in total. The van der Waals surface area contributed by atoms with Crippen molar-refractivity contribution in [3.05, 3.63) is 35.4 Å². The summed E-state index contributed by atoms with van der Waals surface area (Å²) >= 11 is 0. The Morgan fingerprint density at radius 2 is 1.83 bits per heavy atom. The van der Waals surface area contributed by atoms with Crippen LogP contribution in [0.1, 0.15) is 42.9 Å². The molecule has 0 aromatic heterocycles. The Morgan fingerprint density at radius 1 is 1.22 bits per heavy atom. The van der Waals surface area contributed by atoms with Crippen LogP contribution < -0.4 is 10.6 Å². The van der Waals surface area contributed by atoms with E-state index in [1.807, 2.05) is 14.1 Å². The first-order chi connectivity index (χ1) is 10.9. The maximum Gasteiger partial charge on any atom is 0.314 e. The van der Waals surface area contributed by atoms with Gasteiger partial charge in [-0.05, 0) is 39.4 Å². The van der Waals surface area contributed by atoms with E-state index >= 15 is 0 Å². The molecule has 1 aromatic rings. The Labute approximate surface area is 139 Å². The number of likely N-dealkylation sites (N-methyl/N-ethyl adjacent to an activating group) is 1. The molecule has 1 aromatic carbocycles. The number of nitrogens with zero attached hydrogens (tertiary/aromatic N) is 1. The minimum atomic E-state index is -0.713. The highest BCUT2D eigenvalue weighted by atomic mass is 16.3. The molecular formula is C18H29N3O2. The molecule has 0 spiro atoms. The molecule has 1 fully saturated rings. The number of hydrogen-bond donors (Lipinski definition) is 3. The molecule has 0 bridgehead atoms. The molecule has 0 saturated heterocycles. The number of hydrogen-bond acceptors (Lipinski definition) is 3. The van der Waals surface area contributed by atoms with Gasteiger partial charge in [-0.15, -0.1) is 0 Å². The van der Waals surface area contributed by atoms with Gasteiger partial charge < -0.3 is 20.6 Å². The first-order valence-electron chi connectivity index (χ1n) is 8.37. The fourth-order valence-electron chi connectivity index (χ4n) is 3.09. The summed E-state index contributed by atoms with van der Waals surface area (Å²) in [4.78, 5) is 14.1. The van der Waals surface area contributed by atoms with Crippen LogP contribution >= 0.6 is 0 Å². The minimum Gasteiger partial charge on any atom is -0.388 e. The molecule has 0 aliphatic heterocycles. The van der Waals surface area contributed by atoms with Crippen LogP contribution in [0.25, 0.3) is 0 Å². The van der Waals surface area contributed by atoms with Crippen molar-refractivity contribution < 1.29 is 9.90 Å². The van der Waals surface area contributed by atoms with Crippen molar-refractivity contribution in [1.82, 2.24) is 15.5 Å². The Balaban J connectivity index is 1.83. The topological polar surface area (TPSA) is 64.6 Å². The van der Waals surface area contributed by atoms with Crippen molar-refractivity contribution in [2.24, 2.45) is 0 Å². The number of rotatable bonds is 6.